The Balaban J connectivity index is 3.45. The van der Waals surface area contributed by atoms with Gasteiger partial charge in [0.25, 0.3) is 0 Å². The molecule has 0 saturated carbocycles. The molecule has 0 aromatic carbocycles. The summed E-state index contributed by atoms with van der Waals surface area (Å²) in [6, 6.07) is 5.68. The zero-order chi connectivity index (χ0) is 9.84. The predicted molar refractivity (Wildman–Crippen MR) is 54.3 cm³/mol. The fraction of sp³-hybridized carbons (Fsp3) is 0.375. The normalized spacial score (nSPS) is 12.2. The lowest BCUT2D eigenvalue weighted by Crippen LogP contribution is -2.19. The molecule has 5 heteroatoms. The minimum absolute atomic E-state index is 0.334. The zero-order valence-corrected chi connectivity index (χ0v) is 8.88. The number of rotatable bonds is 2. The molecule has 13 heavy (non-hydrogen) atoms. The van der Waals surface area contributed by atoms with Crippen molar-refractivity contribution in [3.8, 4) is 0 Å². The minimum Gasteiger partial charge on any atom is -0.249 e. The maximum absolute atomic E-state index is 7.04. The quantitative estimate of drug-likeness (QED) is 0.556. The molecule has 0 aliphatic rings. The van der Waals surface area contributed by atoms with Crippen LogP contribution < -0.4 is 5.49 Å². The Labute approximate surface area is 79.4 Å². The van der Waals surface area contributed by atoms with Crippen molar-refractivity contribution in [2.75, 3.05) is 0 Å². The Kier molecular flexibility index (Phi) is 3.32. The molecule has 1 aromatic heterocycles. The van der Waals surface area contributed by atoms with Crippen molar-refractivity contribution in [2.24, 2.45) is 9.99 Å². The molecule has 0 aliphatic carbocycles. The molecule has 1 unspecified atom stereocenters. The SMILES string of the molecule is CC(C)c1ccc/c(=N/P)n1N=N. The fourth-order valence-corrected chi connectivity index (χ4v) is 1.35. The van der Waals surface area contributed by atoms with Gasteiger partial charge in [0.15, 0.2) is 5.49 Å². The molecule has 0 fully saturated rings. The van der Waals surface area contributed by atoms with Crippen molar-refractivity contribution in [3.05, 3.63) is 29.4 Å². The van der Waals surface area contributed by atoms with E-state index in [4.69, 9.17) is 5.53 Å². The van der Waals surface area contributed by atoms with Gasteiger partial charge in [0.1, 0.15) is 0 Å². The van der Waals surface area contributed by atoms with E-state index in [2.05, 4.69) is 33.2 Å². The third-order valence-corrected chi connectivity index (χ3v) is 2.06. The summed E-state index contributed by atoms with van der Waals surface area (Å²) >= 11 is 0. The van der Waals surface area contributed by atoms with Crippen LogP contribution >= 0.6 is 9.39 Å². The highest BCUT2D eigenvalue weighted by Gasteiger charge is 2.04. The summed E-state index contributed by atoms with van der Waals surface area (Å²) in [6.07, 6.45) is 0. The van der Waals surface area contributed by atoms with Gasteiger partial charge in [-0.25, -0.2) is 9.44 Å². The molecule has 1 N–H and O–H groups in total. The molecule has 0 spiro atoms. The summed E-state index contributed by atoms with van der Waals surface area (Å²) in [4.78, 5) is 0. The average Bonchev–Trinajstić information content (AvgIpc) is 2.16. The highest BCUT2D eigenvalue weighted by Crippen LogP contribution is 2.11. The van der Waals surface area contributed by atoms with Gasteiger partial charge in [0.2, 0.25) is 0 Å². The van der Waals surface area contributed by atoms with Gasteiger partial charge in [-0.15, -0.1) is 0 Å². The lowest BCUT2D eigenvalue weighted by Gasteiger charge is -2.09. The zero-order valence-electron chi connectivity index (χ0n) is 7.73. The van der Waals surface area contributed by atoms with E-state index in [0.29, 0.717) is 11.4 Å². The van der Waals surface area contributed by atoms with Crippen LogP contribution in [0.5, 0.6) is 0 Å². The number of nitrogens with one attached hydrogen (secondary N) is 1. The molecule has 1 heterocycles. The molecular weight excluding hydrogens is 183 g/mol. The first-order valence-corrected chi connectivity index (χ1v) is 4.56. The predicted octanol–water partition coefficient (Wildman–Crippen LogP) is 2.10. The number of hydrogen-bond acceptors (Lipinski definition) is 3. The maximum atomic E-state index is 7.04. The Bertz CT molecular complexity index is 367. The highest BCUT2D eigenvalue weighted by atomic mass is 31.0. The van der Waals surface area contributed by atoms with E-state index in [1.54, 1.807) is 0 Å². The Hall–Kier alpha value is -1.02. The van der Waals surface area contributed by atoms with Crippen molar-refractivity contribution in [1.29, 1.82) is 5.53 Å². The Morgan fingerprint density at radius 2 is 2.15 bits per heavy atom. The van der Waals surface area contributed by atoms with Crippen LogP contribution in [0, 0.1) is 5.53 Å². The van der Waals surface area contributed by atoms with E-state index >= 15 is 0 Å². The summed E-state index contributed by atoms with van der Waals surface area (Å²) in [5.41, 5.74) is 8.70. The molecule has 0 radical (unpaired) electrons. The lowest BCUT2D eigenvalue weighted by atomic mass is 10.1. The largest absolute Gasteiger partial charge is 0.249 e. The first-order chi connectivity index (χ1) is 6.20. The summed E-state index contributed by atoms with van der Waals surface area (Å²) in [7, 11) is 2.27. The molecule has 1 atom stereocenters. The minimum atomic E-state index is 0.334. The standard InChI is InChI=1S/C8H13N4P/c1-6(2)7-4-3-5-8(10-13)12(7)11-9/h3-6,9H,13H2,1-2H3/b10-8-,11-9?. The van der Waals surface area contributed by atoms with E-state index in [1.807, 2.05) is 18.2 Å². The van der Waals surface area contributed by atoms with Crippen LogP contribution in [-0.4, -0.2) is 4.68 Å². The van der Waals surface area contributed by atoms with Gasteiger partial charge in [-0.3, -0.25) is 0 Å². The van der Waals surface area contributed by atoms with Crippen LogP contribution in [0.25, 0.3) is 0 Å². The van der Waals surface area contributed by atoms with Crippen molar-refractivity contribution in [3.63, 3.8) is 0 Å². The number of aromatic nitrogens is 1. The summed E-state index contributed by atoms with van der Waals surface area (Å²) in [5.74, 6) is 0.334. The van der Waals surface area contributed by atoms with Crippen molar-refractivity contribution >= 4 is 9.39 Å². The molecule has 0 amide bonds. The number of nitrogens with zero attached hydrogens (tertiary/aromatic N) is 3. The topological polar surface area (TPSA) is 53.5 Å². The smallest absolute Gasteiger partial charge is 0.153 e. The molecule has 4 nitrogen and oxygen atoms in total. The van der Waals surface area contributed by atoms with Crippen LogP contribution in [0.3, 0.4) is 0 Å². The van der Waals surface area contributed by atoms with Gasteiger partial charge in [-0.2, -0.15) is 5.53 Å². The van der Waals surface area contributed by atoms with Crippen molar-refractivity contribution in [2.45, 2.75) is 19.8 Å². The average molecular weight is 196 g/mol. The van der Waals surface area contributed by atoms with Crippen LogP contribution in [0.15, 0.2) is 28.2 Å². The van der Waals surface area contributed by atoms with Gasteiger partial charge < -0.3 is 0 Å². The van der Waals surface area contributed by atoms with Gasteiger partial charge in [0.05, 0.1) is 0 Å². The van der Waals surface area contributed by atoms with E-state index in [0.717, 1.165) is 5.69 Å². The molecule has 1 rings (SSSR count). The third-order valence-electron chi connectivity index (χ3n) is 1.80. The molecular formula is C8H13N4P. The van der Waals surface area contributed by atoms with Crippen molar-refractivity contribution < 1.29 is 0 Å². The van der Waals surface area contributed by atoms with Crippen LogP contribution in [0.4, 0.5) is 0 Å². The van der Waals surface area contributed by atoms with Crippen LogP contribution in [0.2, 0.25) is 0 Å². The summed E-state index contributed by atoms with van der Waals surface area (Å²) in [5, 5.41) is 3.42. The van der Waals surface area contributed by atoms with Gasteiger partial charge >= 0.3 is 0 Å². The number of pyridine rings is 1. The molecule has 1 aromatic rings. The van der Waals surface area contributed by atoms with E-state index in [9.17, 15) is 0 Å². The molecule has 0 aliphatic heterocycles. The first-order valence-electron chi connectivity index (χ1n) is 4.04. The summed E-state index contributed by atoms with van der Waals surface area (Å²) < 4.78 is 5.48. The second-order valence-corrected chi connectivity index (χ2v) is 3.26. The number of hydrogen-bond donors (Lipinski definition) is 1. The van der Waals surface area contributed by atoms with E-state index < -0.39 is 0 Å². The van der Waals surface area contributed by atoms with Crippen molar-refractivity contribution in [1.82, 2.24) is 4.68 Å². The van der Waals surface area contributed by atoms with Gasteiger partial charge in [-0.1, -0.05) is 25.1 Å². The van der Waals surface area contributed by atoms with Crippen LogP contribution in [0.1, 0.15) is 25.5 Å². The second-order valence-electron chi connectivity index (χ2n) is 3.00. The third kappa shape index (κ3) is 2.01. The molecule has 0 saturated heterocycles. The monoisotopic (exact) mass is 196 g/mol. The fourth-order valence-electron chi connectivity index (χ4n) is 1.15. The summed E-state index contributed by atoms with van der Waals surface area (Å²) in [6.45, 7) is 4.12. The molecule has 0 bridgehead atoms. The Morgan fingerprint density at radius 3 is 2.62 bits per heavy atom. The molecule has 70 valence electrons. The van der Waals surface area contributed by atoms with Gasteiger partial charge in [0, 0.05) is 5.69 Å². The maximum Gasteiger partial charge on any atom is 0.153 e. The van der Waals surface area contributed by atoms with Gasteiger partial charge in [-0.05, 0) is 27.4 Å². The second kappa shape index (κ2) is 4.28. The van der Waals surface area contributed by atoms with Crippen LogP contribution in [-0.2, 0) is 0 Å². The first kappa shape index (κ1) is 10.1. The lowest BCUT2D eigenvalue weighted by molar-refractivity contribution is 0.639. The Morgan fingerprint density at radius 1 is 1.46 bits per heavy atom. The van der Waals surface area contributed by atoms with E-state index in [1.165, 1.54) is 4.68 Å². The highest BCUT2D eigenvalue weighted by molar-refractivity contribution is 7.14. The van der Waals surface area contributed by atoms with E-state index in [-0.39, 0.29) is 0 Å².